The molecule has 1 atom stereocenters. The molecular weight excluding hydrogens is 256 g/mol. The molecule has 2 rings (SSSR count). The van der Waals surface area contributed by atoms with E-state index in [-0.39, 0.29) is 23.8 Å². The molecule has 0 spiro atoms. The molecule has 0 aromatic heterocycles. The SMILES string of the molecule is CC1CN(c2ccc([N+](=O)[O-])c(N)c2)CCN1.Cl. The highest BCUT2D eigenvalue weighted by Crippen LogP contribution is 2.27. The van der Waals surface area contributed by atoms with Crippen molar-refractivity contribution in [3.63, 3.8) is 0 Å². The highest BCUT2D eigenvalue weighted by molar-refractivity contribution is 5.85. The van der Waals surface area contributed by atoms with Gasteiger partial charge in [0.05, 0.1) is 4.92 Å². The quantitative estimate of drug-likeness (QED) is 0.483. The molecule has 7 heteroatoms. The van der Waals surface area contributed by atoms with Crippen LogP contribution in [-0.2, 0) is 0 Å². The molecular formula is C11H17ClN4O2. The third kappa shape index (κ3) is 3.02. The molecule has 1 fully saturated rings. The van der Waals surface area contributed by atoms with Crippen LogP contribution < -0.4 is 16.0 Å². The van der Waals surface area contributed by atoms with Gasteiger partial charge in [-0.25, -0.2) is 0 Å². The maximum absolute atomic E-state index is 10.7. The van der Waals surface area contributed by atoms with Crippen LogP contribution in [0.2, 0.25) is 0 Å². The average Bonchev–Trinajstić information content (AvgIpc) is 2.28. The number of nitrogens with zero attached hydrogens (tertiary/aromatic N) is 2. The normalized spacial score (nSPS) is 19.2. The van der Waals surface area contributed by atoms with Crippen LogP contribution in [0.25, 0.3) is 0 Å². The first kappa shape index (κ1) is 14.5. The lowest BCUT2D eigenvalue weighted by Gasteiger charge is -2.33. The van der Waals surface area contributed by atoms with Gasteiger partial charge in [-0.05, 0) is 19.1 Å². The molecule has 0 bridgehead atoms. The van der Waals surface area contributed by atoms with Crippen LogP contribution in [0.5, 0.6) is 0 Å². The highest BCUT2D eigenvalue weighted by Gasteiger charge is 2.18. The second-order valence-electron chi connectivity index (χ2n) is 4.30. The van der Waals surface area contributed by atoms with E-state index in [2.05, 4.69) is 17.1 Å². The minimum absolute atomic E-state index is 0. The van der Waals surface area contributed by atoms with Crippen molar-refractivity contribution < 1.29 is 4.92 Å². The van der Waals surface area contributed by atoms with Gasteiger partial charge < -0.3 is 16.0 Å². The summed E-state index contributed by atoms with van der Waals surface area (Å²) in [6.45, 7) is 4.80. The smallest absolute Gasteiger partial charge is 0.292 e. The van der Waals surface area contributed by atoms with Gasteiger partial charge >= 0.3 is 0 Å². The summed E-state index contributed by atoms with van der Waals surface area (Å²) >= 11 is 0. The van der Waals surface area contributed by atoms with Gasteiger partial charge in [-0.1, -0.05) is 0 Å². The van der Waals surface area contributed by atoms with E-state index in [0.717, 1.165) is 25.3 Å². The number of rotatable bonds is 2. The fraction of sp³-hybridized carbons (Fsp3) is 0.455. The zero-order valence-electron chi connectivity index (χ0n) is 10.1. The number of nitro benzene ring substituents is 1. The molecule has 3 N–H and O–H groups in total. The van der Waals surface area contributed by atoms with Crippen LogP contribution in [0.4, 0.5) is 17.1 Å². The second-order valence-corrected chi connectivity index (χ2v) is 4.30. The average molecular weight is 273 g/mol. The fourth-order valence-corrected chi connectivity index (χ4v) is 2.07. The van der Waals surface area contributed by atoms with Crippen molar-refractivity contribution in [3.05, 3.63) is 28.3 Å². The molecule has 1 aliphatic heterocycles. The van der Waals surface area contributed by atoms with Crippen LogP contribution in [0.1, 0.15) is 6.92 Å². The molecule has 1 aliphatic rings. The first-order valence-corrected chi connectivity index (χ1v) is 5.60. The Kier molecular flexibility index (Phi) is 4.75. The van der Waals surface area contributed by atoms with Crippen molar-refractivity contribution in [1.82, 2.24) is 5.32 Å². The number of nitro groups is 1. The Hall–Kier alpha value is -1.53. The van der Waals surface area contributed by atoms with Gasteiger partial charge in [0.2, 0.25) is 0 Å². The van der Waals surface area contributed by atoms with Crippen LogP contribution in [0.3, 0.4) is 0 Å². The van der Waals surface area contributed by atoms with Crippen molar-refractivity contribution in [3.8, 4) is 0 Å². The summed E-state index contributed by atoms with van der Waals surface area (Å²) in [4.78, 5) is 12.4. The van der Waals surface area contributed by atoms with Gasteiger partial charge in [-0.2, -0.15) is 0 Å². The molecule has 6 nitrogen and oxygen atoms in total. The molecule has 1 aromatic carbocycles. The van der Waals surface area contributed by atoms with Crippen molar-refractivity contribution >= 4 is 29.5 Å². The van der Waals surface area contributed by atoms with E-state index in [1.165, 1.54) is 6.07 Å². The molecule has 0 saturated carbocycles. The van der Waals surface area contributed by atoms with Crippen LogP contribution in [0, 0.1) is 10.1 Å². The van der Waals surface area contributed by atoms with Gasteiger partial charge in [0.15, 0.2) is 0 Å². The third-order valence-corrected chi connectivity index (χ3v) is 2.94. The summed E-state index contributed by atoms with van der Waals surface area (Å²) in [6, 6.07) is 5.32. The lowest BCUT2D eigenvalue weighted by Crippen LogP contribution is -2.49. The number of hydrogen-bond acceptors (Lipinski definition) is 5. The molecule has 1 saturated heterocycles. The Morgan fingerprint density at radius 3 is 2.83 bits per heavy atom. The number of nitrogens with two attached hydrogens (primary N) is 1. The minimum Gasteiger partial charge on any atom is -0.393 e. The number of anilines is 2. The number of nitrogen functional groups attached to an aromatic ring is 1. The molecule has 0 radical (unpaired) electrons. The lowest BCUT2D eigenvalue weighted by atomic mass is 10.2. The van der Waals surface area contributed by atoms with E-state index in [1.54, 1.807) is 12.1 Å². The monoisotopic (exact) mass is 272 g/mol. The Bertz CT molecular complexity index is 441. The van der Waals surface area contributed by atoms with Gasteiger partial charge in [-0.3, -0.25) is 10.1 Å². The Morgan fingerprint density at radius 1 is 1.56 bits per heavy atom. The minimum atomic E-state index is -0.459. The molecule has 1 aromatic rings. The van der Waals surface area contributed by atoms with Gasteiger partial charge in [0, 0.05) is 37.4 Å². The standard InChI is InChI=1S/C11H16N4O2.ClH/c1-8-7-14(5-4-13-8)9-2-3-11(15(16)17)10(12)6-9;/h2-3,6,8,13H,4-5,7,12H2,1H3;1H. The largest absolute Gasteiger partial charge is 0.393 e. The summed E-state index contributed by atoms with van der Waals surface area (Å²) in [7, 11) is 0. The zero-order valence-corrected chi connectivity index (χ0v) is 10.9. The van der Waals surface area contributed by atoms with Crippen LogP contribution in [-0.4, -0.2) is 30.6 Å². The van der Waals surface area contributed by atoms with E-state index in [0.29, 0.717) is 6.04 Å². The number of benzene rings is 1. The second kappa shape index (κ2) is 5.88. The third-order valence-electron chi connectivity index (χ3n) is 2.94. The van der Waals surface area contributed by atoms with E-state index in [1.807, 2.05) is 0 Å². The fourth-order valence-electron chi connectivity index (χ4n) is 2.07. The van der Waals surface area contributed by atoms with Crippen molar-refractivity contribution in [2.24, 2.45) is 0 Å². The van der Waals surface area contributed by atoms with E-state index in [4.69, 9.17) is 5.73 Å². The van der Waals surface area contributed by atoms with E-state index >= 15 is 0 Å². The topological polar surface area (TPSA) is 84.4 Å². The summed E-state index contributed by atoms with van der Waals surface area (Å²) < 4.78 is 0. The number of piperazine rings is 1. The first-order valence-electron chi connectivity index (χ1n) is 5.60. The zero-order chi connectivity index (χ0) is 12.4. The van der Waals surface area contributed by atoms with Crippen molar-refractivity contribution in [2.45, 2.75) is 13.0 Å². The van der Waals surface area contributed by atoms with Gasteiger partial charge in [-0.15, -0.1) is 12.4 Å². The summed E-state index contributed by atoms with van der Waals surface area (Å²) in [5, 5.41) is 14.0. The molecule has 1 heterocycles. The van der Waals surface area contributed by atoms with E-state index < -0.39 is 4.92 Å². The van der Waals surface area contributed by atoms with Crippen LogP contribution in [0.15, 0.2) is 18.2 Å². The van der Waals surface area contributed by atoms with Gasteiger partial charge in [0.25, 0.3) is 5.69 Å². The maximum Gasteiger partial charge on any atom is 0.292 e. The summed E-state index contributed by atoms with van der Waals surface area (Å²) in [6.07, 6.45) is 0. The molecule has 0 amide bonds. The Labute approximate surface area is 112 Å². The highest BCUT2D eigenvalue weighted by atomic mass is 35.5. The first-order chi connectivity index (χ1) is 8.08. The molecule has 100 valence electrons. The predicted molar refractivity (Wildman–Crippen MR) is 74.4 cm³/mol. The Morgan fingerprint density at radius 2 is 2.28 bits per heavy atom. The number of hydrogen-bond donors (Lipinski definition) is 2. The van der Waals surface area contributed by atoms with Gasteiger partial charge in [0.1, 0.15) is 5.69 Å². The number of nitrogens with one attached hydrogen (secondary N) is 1. The lowest BCUT2D eigenvalue weighted by molar-refractivity contribution is -0.383. The van der Waals surface area contributed by atoms with Crippen molar-refractivity contribution in [1.29, 1.82) is 0 Å². The van der Waals surface area contributed by atoms with Crippen molar-refractivity contribution in [2.75, 3.05) is 30.3 Å². The van der Waals surface area contributed by atoms with Crippen LogP contribution >= 0.6 is 12.4 Å². The molecule has 0 aliphatic carbocycles. The number of halogens is 1. The summed E-state index contributed by atoms with van der Waals surface area (Å²) in [5.74, 6) is 0. The predicted octanol–water partition coefficient (Wildman–Crippen LogP) is 1.40. The molecule has 1 unspecified atom stereocenters. The van der Waals surface area contributed by atoms with E-state index in [9.17, 15) is 10.1 Å². The summed E-state index contributed by atoms with van der Waals surface area (Å²) in [5.41, 5.74) is 6.82. The maximum atomic E-state index is 10.7. The Balaban J connectivity index is 0.00000162. The molecule has 18 heavy (non-hydrogen) atoms.